The minimum atomic E-state index is -3.53. The van der Waals surface area contributed by atoms with E-state index in [1.807, 2.05) is 6.07 Å². The van der Waals surface area contributed by atoms with Crippen LogP contribution in [0.25, 0.3) is 10.8 Å². The van der Waals surface area contributed by atoms with E-state index in [9.17, 15) is 8.42 Å². The van der Waals surface area contributed by atoms with Gasteiger partial charge in [0.15, 0.2) is 0 Å². The van der Waals surface area contributed by atoms with Crippen molar-refractivity contribution in [2.75, 3.05) is 31.1 Å². The second kappa shape index (κ2) is 6.94. The highest BCUT2D eigenvalue weighted by atomic mass is 32.2. The molecule has 6 heteroatoms. The SMILES string of the molecule is Cc1ccc(N2CCN(S(=O)(=O)c3cccc4cnccc34)CC2)cc1C. The fraction of sp³-hybridized carbons (Fsp3) is 0.286. The third kappa shape index (κ3) is 3.31. The number of anilines is 1. The first-order valence-corrected chi connectivity index (χ1v) is 10.6. The third-order valence-corrected chi connectivity index (χ3v) is 7.31. The van der Waals surface area contributed by atoms with Crippen molar-refractivity contribution >= 4 is 26.5 Å². The van der Waals surface area contributed by atoms with Gasteiger partial charge >= 0.3 is 0 Å². The molecule has 1 aliphatic rings. The van der Waals surface area contributed by atoms with Gasteiger partial charge in [0.05, 0.1) is 4.90 Å². The summed E-state index contributed by atoms with van der Waals surface area (Å²) in [7, 11) is -3.53. The molecule has 0 saturated carbocycles. The van der Waals surface area contributed by atoms with Crippen LogP contribution in [0.5, 0.6) is 0 Å². The second-order valence-electron chi connectivity index (χ2n) is 7.01. The van der Waals surface area contributed by atoms with Crippen molar-refractivity contribution in [2.24, 2.45) is 0 Å². The van der Waals surface area contributed by atoms with Gasteiger partial charge in [-0.1, -0.05) is 18.2 Å². The Morgan fingerprint density at radius 2 is 1.70 bits per heavy atom. The zero-order valence-electron chi connectivity index (χ0n) is 15.6. The number of rotatable bonds is 3. The minimum Gasteiger partial charge on any atom is -0.369 e. The smallest absolute Gasteiger partial charge is 0.243 e. The number of hydrogen-bond acceptors (Lipinski definition) is 4. The van der Waals surface area contributed by atoms with E-state index in [1.54, 1.807) is 34.9 Å². The molecule has 140 valence electrons. The Balaban J connectivity index is 1.57. The molecule has 0 atom stereocenters. The number of hydrogen-bond donors (Lipinski definition) is 0. The monoisotopic (exact) mass is 381 g/mol. The molecule has 27 heavy (non-hydrogen) atoms. The highest BCUT2D eigenvalue weighted by Gasteiger charge is 2.29. The van der Waals surface area contributed by atoms with Crippen LogP contribution in [-0.4, -0.2) is 43.9 Å². The molecule has 3 aromatic rings. The van der Waals surface area contributed by atoms with Crippen molar-refractivity contribution in [1.82, 2.24) is 9.29 Å². The zero-order chi connectivity index (χ0) is 19.0. The molecule has 0 aliphatic carbocycles. The number of benzene rings is 2. The number of aromatic nitrogens is 1. The maximum atomic E-state index is 13.2. The van der Waals surface area contributed by atoms with E-state index in [0.717, 1.165) is 16.5 Å². The summed E-state index contributed by atoms with van der Waals surface area (Å²) in [6, 6.07) is 13.5. The van der Waals surface area contributed by atoms with Crippen LogP contribution in [0.15, 0.2) is 59.8 Å². The lowest BCUT2D eigenvalue weighted by molar-refractivity contribution is 0.385. The molecule has 0 spiro atoms. The van der Waals surface area contributed by atoms with Crippen molar-refractivity contribution in [3.05, 3.63) is 66.0 Å². The van der Waals surface area contributed by atoms with E-state index < -0.39 is 10.0 Å². The summed E-state index contributed by atoms with van der Waals surface area (Å²) < 4.78 is 28.1. The fourth-order valence-corrected chi connectivity index (χ4v) is 5.20. The molecule has 0 N–H and O–H groups in total. The van der Waals surface area contributed by atoms with Gasteiger partial charge in [0.25, 0.3) is 0 Å². The first-order valence-electron chi connectivity index (χ1n) is 9.12. The number of pyridine rings is 1. The molecule has 0 radical (unpaired) electrons. The number of aryl methyl sites for hydroxylation is 2. The van der Waals surface area contributed by atoms with Crippen molar-refractivity contribution < 1.29 is 8.42 Å². The van der Waals surface area contributed by atoms with Gasteiger partial charge in [-0.15, -0.1) is 0 Å². The number of fused-ring (bicyclic) bond motifs is 1. The molecule has 0 bridgehead atoms. The standard InChI is InChI=1S/C21H23N3O2S/c1-16-6-7-19(14-17(16)2)23-10-12-24(13-11-23)27(25,26)21-5-3-4-18-15-22-9-8-20(18)21/h3-9,14-15H,10-13H2,1-2H3. The summed E-state index contributed by atoms with van der Waals surface area (Å²) >= 11 is 0. The Morgan fingerprint density at radius 3 is 2.44 bits per heavy atom. The van der Waals surface area contributed by atoms with Crippen molar-refractivity contribution in [3.8, 4) is 0 Å². The molecule has 2 aromatic carbocycles. The van der Waals surface area contributed by atoms with Crippen molar-refractivity contribution in [1.29, 1.82) is 0 Å². The van der Waals surface area contributed by atoms with E-state index in [-0.39, 0.29) is 0 Å². The van der Waals surface area contributed by atoms with Crippen LogP contribution < -0.4 is 4.90 Å². The Kier molecular flexibility index (Phi) is 4.61. The van der Waals surface area contributed by atoms with Gasteiger partial charge in [-0.05, 0) is 49.2 Å². The van der Waals surface area contributed by atoms with Gasteiger partial charge in [0.1, 0.15) is 0 Å². The highest BCUT2D eigenvalue weighted by molar-refractivity contribution is 7.89. The summed E-state index contributed by atoms with van der Waals surface area (Å²) in [4.78, 5) is 6.71. The summed E-state index contributed by atoms with van der Waals surface area (Å²) in [5.41, 5.74) is 3.68. The van der Waals surface area contributed by atoms with Crippen LogP contribution in [0.2, 0.25) is 0 Å². The van der Waals surface area contributed by atoms with E-state index >= 15 is 0 Å². The Hall–Kier alpha value is -2.44. The van der Waals surface area contributed by atoms with Crippen LogP contribution >= 0.6 is 0 Å². The molecule has 0 amide bonds. The third-order valence-electron chi connectivity index (χ3n) is 5.35. The summed E-state index contributed by atoms with van der Waals surface area (Å²) in [6.07, 6.45) is 3.34. The molecule has 1 aromatic heterocycles. The normalized spacial score (nSPS) is 16.0. The maximum Gasteiger partial charge on any atom is 0.243 e. The molecule has 1 fully saturated rings. The predicted octanol–water partition coefficient (Wildman–Crippen LogP) is 3.36. The highest BCUT2D eigenvalue weighted by Crippen LogP contribution is 2.27. The molecule has 1 saturated heterocycles. The van der Waals surface area contributed by atoms with Crippen molar-refractivity contribution in [2.45, 2.75) is 18.7 Å². The number of sulfonamides is 1. The molecular weight excluding hydrogens is 358 g/mol. The van der Waals surface area contributed by atoms with Crippen LogP contribution in [0.4, 0.5) is 5.69 Å². The number of nitrogens with zero attached hydrogens (tertiary/aromatic N) is 3. The molecule has 2 heterocycles. The predicted molar refractivity (Wildman–Crippen MR) is 109 cm³/mol. The zero-order valence-corrected chi connectivity index (χ0v) is 16.4. The van der Waals surface area contributed by atoms with Gasteiger partial charge in [0.2, 0.25) is 10.0 Å². The average Bonchev–Trinajstić information content (AvgIpc) is 2.69. The molecule has 5 nitrogen and oxygen atoms in total. The van der Waals surface area contributed by atoms with Crippen LogP contribution in [0.1, 0.15) is 11.1 Å². The Bertz CT molecular complexity index is 1080. The first kappa shape index (κ1) is 17.9. The maximum absolute atomic E-state index is 13.2. The van der Waals surface area contributed by atoms with Crippen LogP contribution in [0.3, 0.4) is 0 Å². The first-order chi connectivity index (χ1) is 13.0. The van der Waals surface area contributed by atoms with Gasteiger partial charge in [-0.3, -0.25) is 4.98 Å². The van der Waals surface area contributed by atoms with Gasteiger partial charge in [-0.25, -0.2) is 8.42 Å². The molecule has 0 unspecified atom stereocenters. The van der Waals surface area contributed by atoms with E-state index in [4.69, 9.17) is 0 Å². The molecule has 1 aliphatic heterocycles. The Morgan fingerprint density at radius 1 is 0.926 bits per heavy atom. The number of piperazine rings is 1. The van der Waals surface area contributed by atoms with Crippen LogP contribution in [-0.2, 0) is 10.0 Å². The lowest BCUT2D eigenvalue weighted by Crippen LogP contribution is -2.48. The lowest BCUT2D eigenvalue weighted by atomic mass is 10.1. The van der Waals surface area contributed by atoms with Crippen molar-refractivity contribution in [3.63, 3.8) is 0 Å². The van der Waals surface area contributed by atoms with Gasteiger partial charge in [0, 0.05) is 55.0 Å². The fourth-order valence-electron chi connectivity index (χ4n) is 3.57. The van der Waals surface area contributed by atoms with E-state index in [2.05, 4.69) is 41.9 Å². The average molecular weight is 382 g/mol. The minimum absolute atomic E-state index is 0.363. The lowest BCUT2D eigenvalue weighted by Gasteiger charge is -2.35. The van der Waals surface area contributed by atoms with E-state index in [0.29, 0.717) is 31.1 Å². The van der Waals surface area contributed by atoms with E-state index in [1.165, 1.54) is 11.1 Å². The van der Waals surface area contributed by atoms with Gasteiger partial charge < -0.3 is 4.90 Å². The topological polar surface area (TPSA) is 53.5 Å². The summed E-state index contributed by atoms with van der Waals surface area (Å²) in [5, 5.41) is 1.57. The quantitative estimate of drug-likeness (QED) is 0.698. The molecular formula is C21H23N3O2S. The van der Waals surface area contributed by atoms with Crippen LogP contribution in [0, 0.1) is 13.8 Å². The summed E-state index contributed by atoms with van der Waals surface area (Å²) in [6.45, 7) is 6.55. The molecule has 4 rings (SSSR count). The Labute approximate surface area is 160 Å². The summed E-state index contributed by atoms with van der Waals surface area (Å²) in [5.74, 6) is 0. The largest absolute Gasteiger partial charge is 0.369 e. The van der Waals surface area contributed by atoms with Gasteiger partial charge in [-0.2, -0.15) is 4.31 Å². The second-order valence-corrected chi connectivity index (χ2v) is 8.92.